The van der Waals surface area contributed by atoms with Crippen molar-refractivity contribution < 1.29 is 13.3 Å². The molecule has 0 amide bonds. The summed E-state index contributed by atoms with van der Waals surface area (Å²) >= 11 is 0. The largest absolute Gasteiger partial charge is 0.445 e. The van der Waals surface area contributed by atoms with Gasteiger partial charge in [0.2, 0.25) is 11.7 Å². The smallest absolute Gasteiger partial charge is 0.264 e. The van der Waals surface area contributed by atoms with E-state index in [1.165, 1.54) is 0 Å². The van der Waals surface area contributed by atoms with Gasteiger partial charge in [0.15, 0.2) is 5.89 Å². The van der Waals surface area contributed by atoms with Gasteiger partial charge >= 0.3 is 0 Å². The van der Waals surface area contributed by atoms with Crippen LogP contribution < -0.4 is 0 Å². The third kappa shape index (κ3) is 4.62. The molecule has 0 aliphatic rings. The van der Waals surface area contributed by atoms with Crippen LogP contribution in [0.2, 0.25) is 0 Å². The van der Waals surface area contributed by atoms with Crippen molar-refractivity contribution in [3.05, 3.63) is 41.4 Å². The molecule has 3 rings (SSSR count). The van der Waals surface area contributed by atoms with Crippen LogP contribution in [0.5, 0.6) is 0 Å². The Morgan fingerprint density at radius 3 is 2.14 bits per heavy atom. The van der Waals surface area contributed by atoms with Crippen molar-refractivity contribution in [2.75, 3.05) is 0 Å². The lowest BCUT2D eigenvalue weighted by molar-refractivity contribution is 0.362. The Morgan fingerprint density at radius 2 is 1.59 bits per heavy atom. The van der Waals surface area contributed by atoms with Crippen LogP contribution in [0.25, 0.3) is 11.7 Å². The van der Waals surface area contributed by atoms with E-state index in [-0.39, 0.29) is 16.2 Å². The van der Waals surface area contributed by atoms with Gasteiger partial charge in [-0.05, 0) is 13.3 Å². The van der Waals surface area contributed by atoms with Crippen LogP contribution in [0.3, 0.4) is 0 Å². The van der Waals surface area contributed by atoms with E-state index >= 15 is 0 Å². The molecule has 0 aliphatic carbocycles. The summed E-state index contributed by atoms with van der Waals surface area (Å²) in [5, 5.41) is 0. The summed E-state index contributed by atoms with van der Waals surface area (Å²) in [6, 6.07) is 0. The van der Waals surface area contributed by atoms with Gasteiger partial charge in [-0.25, -0.2) is 15.0 Å². The molecule has 0 fully saturated rings. The van der Waals surface area contributed by atoms with Gasteiger partial charge in [0, 0.05) is 22.7 Å². The number of aryl methyl sites for hydroxylation is 2. The van der Waals surface area contributed by atoms with Crippen molar-refractivity contribution in [3.63, 3.8) is 0 Å². The minimum absolute atomic E-state index is 0.0468. The molecule has 29 heavy (non-hydrogen) atoms. The lowest BCUT2D eigenvalue weighted by atomic mass is 9.85. The first-order chi connectivity index (χ1) is 13.3. The van der Waals surface area contributed by atoms with E-state index in [0.717, 1.165) is 35.9 Å². The highest BCUT2D eigenvalue weighted by molar-refractivity contribution is 5.43. The molecular weight excluding hydrogens is 366 g/mol. The normalized spacial score (nSPS) is 13.3. The van der Waals surface area contributed by atoms with Crippen LogP contribution in [0.4, 0.5) is 0 Å². The fourth-order valence-electron chi connectivity index (χ4n) is 3.22. The van der Waals surface area contributed by atoms with Gasteiger partial charge in [0.1, 0.15) is 12.0 Å². The maximum atomic E-state index is 6.04. The maximum absolute atomic E-state index is 6.04. The highest BCUT2D eigenvalue weighted by atomic mass is 16.4. The highest BCUT2D eigenvalue weighted by Crippen LogP contribution is 2.33. The Balaban J connectivity index is 1.73. The first-order valence-corrected chi connectivity index (χ1v) is 10.2. The number of hydrogen-bond acceptors (Lipinski definition) is 6. The van der Waals surface area contributed by atoms with Gasteiger partial charge in [-0.15, -0.1) is 0 Å². The second kappa shape index (κ2) is 7.15. The van der Waals surface area contributed by atoms with Crippen LogP contribution in [-0.4, -0.2) is 15.0 Å². The summed E-state index contributed by atoms with van der Waals surface area (Å²) in [4.78, 5) is 13.6. The van der Waals surface area contributed by atoms with Crippen LogP contribution >= 0.6 is 0 Å². The Labute approximate surface area is 173 Å². The summed E-state index contributed by atoms with van der Waals surface area (Å²) < 4.78 is 17.6. The zero-order valence-corrected chi connectivity index (χ0v) is 19.1. The fraction of sp³-hybridized carbons (Fsp3) is 0.609. The van der Waals surface area contributed by atoms with Crippen molar-refractivity contribution in [2.24, 2.45) is 0 Å². The molecule has 3 aromatic rings. The zero-order chi connectivity index (χ0) is 21.6. The molecule has 0 radical (unpaired) electrons. The number of rotatable bonds is 5. The third-order valence-electron chi connectivity index (χ3n) is 5.04. The van der Waals surface area contributed by atoms with Crippen molar-refractivity contribution in [3.8, 4) is 11.7 Å². The van der Waals surface area contributed by atoms with Crippen LogP contribution in [0.15, 0.2) is 25.7 Å². The second-order valence-electron chi connectivity index (χ2n) is 10.5. The molecule has 3 aromatic heterocycles. The highest BCUT2D eigenvalue weighted by Gasteiger charge is 2.29. The maximum Gasteiger partial charge on any atom is 0.264 e. The van der Waals surface area contributed by atoms with Crippen molar-refractivity contribution in [1.29, 1.82) is 0 Å². The SMILES string of the molecule is Cc1nc(CCC(C)(C)c2coc(-c3cnc(C(C)(C)C)o3)n2)oc1C(C)(C)C. The average Bonchev–Trinajstić information content (AvgIpc) is 3.30. The van der Waals surface area contributed by atoms with E-state index in [2.05, 4.69) is 70.3 Å². The van der Waals surface area contributed by atoms with Crippen LogP contribution in [0.1, 0.15) is 90.7 Å². The topological polar surface area (TPSA) is 78.1 Å². The van der Waals surface area contributed by atoms with Crippen molar-refractivity contribution in [1.82, 2.24) is 15.0 Å². The predicted octanol–water partition coefficient (Wildman–Crippen LogP) is 6.13. The van der Waals surface area contributed by atoms with Crippen molar-refractivity contribution in [2.45, 2.75) is 91.4 Å². The molecule has 6 heteroatoms. The van der Waals surface area contributed by atoms with E-state index in [4.69, 9.17) is 13.3 Å². The molecule has 0 aromatic carbocycles. The molecule has 158 valence electrons. The minimum atomic E-state index is -0.196. The van der Waals surface area contributed by atoms with E-state index in [9.17, 15) is 0 Å². The lowest BCUT2D eigenvalue weighted by Gasteiger charge is -2.20. The summed E-state index contributed by atoms with van der Waals surface area (Å²) in [6.07, 6.45) is 4.96. The van der Waals surface area contributed by atoms with E-state index in [1.807, 2.05) is 6.92 Å². The molecule has 0 saturated heterocycles. The second-order valence-corrected chi connectivity index (χ2v) is 10.5. The average molecular weight is 400 g/mol. The van der Waals surface area contributed by atoms with Gasteiger partial charge in [-0.1, -0.05) is 55.4 Å². The molecule has 0 unspecified atom stereocenters. The molecule has 0 aliphatic heterocycles. The Bertz CT molecular complexity index is 978. The van der Waals surface area contributed by atoms with Gasteiger partial charge < -0.3 is 13.3 Å². The molecular formula is C23H33N3O3. The molecule has 0 saturated carbocycles. The van der Waals surface area contributed by atoms with Crippen LogP contribution in [-0.2, 0) is 22.7 Å². The third-order valence-corrected chi connectivity index (χ3v) is 5.04. The summed E-state index contributed by atoms with van der Waals surface area (Å²) in [7, 11) is 0. The van der Waals surface area contributed by atoms with Gasteiger partial charge in [0.25, 0.3) is 5.89 Å². The monoisotopic (exact) mass is 399 g/mol. The first kappa shape index (κ1) is 21.3. The summed E-state index contributed by atoms with van der Waals surface area (Å²) in [5.41, 5.74) is 1.44. The van der Waals surface area contributed by atoms with E-state index in [1.54, 1.807) is 12.5 Å². The van der Waals surface area contributed by atoms with Gasteiger partial charge in [-0.2, -0.15) is 0 Å². The van der Waals surface area contributed by atoms with Gasteiger partial charge in [0.05, 0.1) is 17.6 Å². The number of oxazole rings is 3. The zero-order valence-electron chi connectivity index (χ0n) is 19.1. The first-order valence-electron chi connectivity index (χ1n) is 10.2. The molecule has 6 nitrogen and oxygen atoms in total. The van der Waals surface area contributed by atoms with E-state index < -0.39 is 0 Å². The summed E-state index contributed by atoms with van der Waals surface area (Å²) in [5.74, 6) is 3.40. The molecule has 0 bridgehead atoms. The predicted molar refractivity (Wildman–Crippen MR) is 112 cm³/mol. The van der Waals surface area contributed by atoms with E-state index in [0.29, 0.717) is 17.5 Å². The Hall–Kier alpha value is -2.37. The number of aromatic nitrogens is 3. The Kier molecular flexibility index (Phi) is 5.26. The Morgan fingerprint density at radius 1 is 0.897 bits per heavy atom. The van der Waals surface area contributed by atoms with Crippen LogP contribution in [0, 0.1) is 6.92 Å². The number of hydrogen-bond donors (Lipinski definition) is 0. The standard InChI is InChI=1S/C23H33N3O3/c1-14-18(21(2,3)4)29-17(25-14)10-11-23(8,9)16-13-27-19(26-16)15-12-24-20(28-15)22(5,6)7/h12-13H,10-11H2,1-9H3. The molecule has 3 heterocycles. The van der Waals surface area contributed by atoms with Crippen molar-refractivity contribution >= 4 is 0 Å². The lowest BCUT2D eigenvalue weighted by Crippen LogP contribution is -2.18. The molecule has 0 spiro atoms. The molecule has 0 N–H and O–H groups in total. The fourth-order valence-corrected chi connectivity index (χ4v) is 3.22. The summed E-state index contributed by atoms with van der Waals surface area (Å²) in [6.45, 7) is 18.9. The number of nitrogens with zero attached hydrogens (tertiary/aromatic N) is 3. The molecule has 0 atom stereocenters. The minimum Gasteiger partial charge on any atom is -0.445 e. The van der Waals surface area contributed by atoms with Gasteiger partial charge in [-0.3, -0.25) is 0 Å². The quantitative estimate of drug-likeness (QED) is 0.513.